The van der Waals surface area contributed by atoms with Crippen molar-refractivity contribution in [2.45, 2.75) is 45.8 Å². The Morgan fingerprint density at radius 3 is 2.28 bits per heavy atom. The van der Waals surface area contributed by atoms with Gasteiger partial charge in [0.2, 0.25) is 0 Å². The molecule has 18 heavy (non-hydrogen) atoms. The van der Waals surface area contributed by atoms with Gasteiger partial charge in [-0.05, 0) is 40.7 Å². The first-order chi connectivity index (χ1) is 8.33. The topological polar surface area (TPSA) is 58.8 Å². The molecule has 106 valence electrons. The summed E-state index contributed by atoms with van der Waals surface area (Å²) < 4.78 is 5.37. The van der Waals surface area contributed by atoms with Crippen LogP contribution in [0.4, 0.5) is 4.79 Å². The standard InChI is InChI=1S/C13H27N3O2/c1-11(5-6-14)15-7-9-16(10-8-15)12(17)18-13(2,3)4/h11H,5-10,14H2,1-4H3. The minimum Gasteiger partial charge on any atom is -0.444 e. The molecule has 0 radical (unpaired) electrons. The molecule has 1 fully saturated rings. The molecule has 0 aliphatic carbocycles. The lowest BCUT2D eigenvalue weighted by Gasteiger charge is -2.38. The maximum absolute atomic E-state index is 11.9. The van der Waals surface area contributed by atoms with Gasteiger partial charge < -0.3 is 15.4 Å². The van der Waals surface area contributed by atoms with E-state index in [0.29, 0.717) is 12.6 Å². The fourth-order valence-electron chi connectivity index (χ4n) is 2.10. The summed E-state index contributed by atoms with van der Waals surface area (Å²) in [5.41, 5.74) is 5.15. The van der Waals surface area contributed by atoms with E-state index in [9.17, 15) is 4.79 Å². The van der Waals surface area contributed by atoms with Gasteiger partial charge in [0.1, 0.15) is 5.60 Å². The number of nitrogens with zero attached hydrogens (tertiary/aromatic N) is 2. The van der Waals surface area contributed by atoms with Gasteiger partial charge >= 0.3 is 6.09 Å². The second-order valence-electron chi connectivity index (χ2n) is 5.93. The number of carbonyl (C=O) groups is 1. The predicted octanol–water partition coefficient (Wildman–Crippen LogP) is 1.28. The van der Waals surface area contributed by atoms with E-state index in [2.05, 4.69) is 11.8 Å². The summed E-state index contributed by atoms with van der Waals surface area (Å²) >= 11 is 0. The van der Waals surface area contributed by atoms with Crippen LogP contribution in [-0.4, -0.2) is 60.3 Å². The van der Waals surface area contributed by atoms with Gasteiger partial charge in [0, 0.05) is 32.2 Å². The average molecular weight is 257 g/mol. The molecule has 1 aliphatic rings. The Labute approximate surface area is 110 Å². The molecule has 0 spiro atoms. The normalized spacial score (nSPS) is 19.7. The van der Waals surface area contributed by atoms with E-state index in [-0.39, 0.29) is 6.09 Å². The Morgan fingerprint density at radius 2 is 1.83 bits per heavy atom. The highest BCUT2D eigenvalue weighted by atomic mass is 16.6. The first-order valence-electron chi connectivity index (χ1n) is 6.75. The zero-order valence-electron chi connectivity index (χ0n) is 12.1. The Hall–Kier alpha value is -0.810. The Kier molecular flexibility index (Phi) is 5.41. The minimum atomic E-state index is -0.416. The van der Waals surface area contributed by atoms with E-state index < -0.39 is 5.60 Å². The lowest BCUT2D eigenvalue weighted by atomic mass is 10.1. The molecule has 1 atom stereocenters. The van der Waals surface area contributed by atoms with Crippen LogP contribution in [0.1, 0.15) is 34.1 Å². The van der Waals surface area contributed by atoms with Crippen LogP contribution in [0, 0.1) is 0 Å². The van der Waals surface area contributed by atoms with Gasteiger partial charge in [0.05, 0.1) is 0 Å². The summed E-state index contributed by atoms with van der Waals surface area (Å²) in [4.78, 5) is 16.1. The van der Waals surface area contributed by atoms with E-state index in [1.165, 1.54) is 0 Å². The lowest BCUT2D eigenvalue weighted by Crippen LogP contribution is -2.52. The molecule has 1 aliphatic heterocycles. The Balaban J connectivity index is 2.37. The second kappa shape index (κ2) is 6.38. The number of piperazine rings is 1. The SMILES string of the molecule is CC(CCN)N1CCN(C(=O)OC(C)(C)C)CC1. The summed E-state index contributed by atoms with van der Waals surface area (Å²) in [6, 6.07) is 0.496. The van der Waals surface area contributed by atoms with Crippen molar-refractivity contribution in [3.8, 4) is 0 Å². The first-order valence-corrected chi connectivity index (χ1v) is 6.75. The van der Waals surface area contributed by atoms with Crippen LogP contribution in [0.25, 0.3) is 0 Å². The van der Waals surface area contributed by atoms with Gasteiger partial charge in [-0.25, -0.2) is 4.79 Å². The van der Waals surface area contributed by atoms with Crippen LogP contribution in [0.15, 0.2) is 0 Å². The van der Waals surface area contributed by atoms with Crippen LogP contribution < -0.4 is 5.73 Å². The Morgan fingerprint density at radius 1 is 1.28 bits per heavy atom. The highest BCUT2D eigenvalue weighted by Gasteiger charge is 2.27. The number of nitrogens with two attached hydrogens (primary N) is 1. The second-order valence-corrected chi connectivity index (χ2v) is 5.93. The van der Waals surface area contributed by atoms with Crippen molar-refractivity contribution >= 4 is 6.09 Å². The highest BCUT2D eigenvalue weighted by molar-refractivity contribution is 5.68. The maximum atomic E-state index is 11.9. The van der Waals surface area contributed by atoms with Gasteiger partial charge in [-0.2, -0.15) is 0 Å². The van der Waals surface area contributed by atoms with E-state index in [1.807, 2.05) is 20.8 Å². The molecule has 5 nitrogen and oxygen atoms in total. The van der Waals surface area contributed by atoms with Crippen LogP contribution >= 0.6 is 0 Å². The smallest absolute Gasteiger partial charge is 0.410 e. The molecule has 1 saturated heterocycles. The molecule has 0 aromatic heterocycles. The monoisotopic (exact) mass is 257 g/mol. The molecular formula is C13H27N3O2. The van der Waals surface area contributed by atoms with Gasteiger partial charge in [0.15, 0.2) is 0 Å². The number of hydrogen-bond donors (Lipinski definition) is 1. The van der Waals surface area contributed by atoms with Crippen molar-refractivity contribution in [2.24, 2.45) is 5.73 Å². The summed E-state index contributed by atoms with van der Waals surface area (Å²) in [7, 11) is 0. The summed E-state index contributed by atoms with van der Waals surface area (Å²) in [5, 5.41) is 0. The molecule has 0 aromatic carbocycles. The van der Waals surface area contributed by atoms with Gasteiger partial charge in [0.25, 0.3) is 0 Å². The quantitative estimate of drug-likeness (QED) is 0.827. The fourth-order valence-corrected chi connectivity index (χ4v) is 2.10. The van der Waals surface area contributed by atoms with Crippen LogP contribution in [-0.2, 0) is 4.74 Å². The van der Waals surface area contributed by atoms with Crippen molar-refractivity contribution in [2.75, 3.05) is 32.7 Å². The number of carbonyl (C=O) groups excluding carboxylic acids is 1. The first kappa shape index (κ1) is 15.2. The van der Waals surface area contributed by atoms with Crippen molar-refractivity contribution in [3.63, 3.8) is 0 Å². The number of rotatable bonds is 3. The number of amides is 1. The fraction of sp³-hybridized carbons (Fsp3) is 0.923. The van der Waals surface area contributed by atoms with E-state index >= 15 is 0 Å². The van der Waals surface area contributed by atoms with Crippen molar-refractivity contribution in [1.82, 2.24) is 9.80 Å². The molecule has 0 aromatic rings. The Bertz CT molecular complexity index is 268. The molecule has 2 N–H and O–H groups in total. The molecule has 1 rings (SSSR count). The molecular weight excluding hydrogens is 230 g/mol. The average Bonchev–Trinajstić information content (AvgIpc) is 2.27. The van der Waals surface area contributed by atoms with E-state index in [4.69, 9.17) is 10.5 Å². The molecule has 0 bridgehead atoms. The van der Waals surface area contributed by atoms with Crippen molar-refractivity contribution in [1.29, 1.82) is 0 Å². The number of ether oxygens (including phenoxy) is 1. The highest BCUT2D eigenvalue weighted by Crippen LogP contribution is 2.13. The molecule has 5 heteroatoms. The molecule has 1 unspecified atom stereocenters. The molecule has 1 heterocycles. The minimum absolute atomic E-state index is 0.200. The van der Waals surface area contributed by atoms with E-state index in [0.717, 1.165) is 32.6 Å². The molecule has 0 saturated carbocycles. The third-order valence-corrected chi connectivity index (χ3v) is 3.17. The zero-order valence-corrected chi connectivity index (χ0v) is 12.1. The third-order valence-electron chi connectivity index (χ3n) is 3.17. The third kappa shape index (κ3) is 4.82. The zero-order chi connectivity index (χ0) is 13.8. The van der Waals surface area contributed by atoms with Crippen LogP contribution in [0.2, 0.25) is 0 Å². The van der Waals surface area contributed by atoms with Crippen LogP contribution in [0.5, 0.6) is 0 Å². The van der Waals surface area contributed by atoms with Crippen molar-refractivity contribution in [3.05, 3.63) is 0 Å². The number of hydrogen-bond acceptors (Lipinski definition) is 4. The summed E-state index contributed by atoms with van der Waals surface area (Å²) in [6.45, 7) is 11.9. The maximum Gasteiger partial charge on any atom is 0.410 e. The van der Waals surface area contributed by atoms with Crippen LogP contribution in [0.3, 0.4) is 0 Å². The van der Waals surface area contributed by atoms with Crippen molar-refractivity contribution < 1.29 is 9.53 Å². The van der Waals surface area contributed by atoms with Gasteiger partial charge in [-0.3, -0.25) is 4.90 Å². The van der Waals surface area contributed by atoms with Gasteiger partial charge in [-0.1, -0.05) is 0 Å². The van der Waals surface area contributed by atoms with Gasteiger partial charge in [-0.15, -0.1) is 0 Å². The largest absolute Gasteiger partial charge is 0.444 e. The predicted molar refractivity (Wildman–Crippen MR) is 72.5 cm³/mol. The summed E-state index contributed by atoms with van der Waals surface area (Å²) in [5.74, 6) is 0. The van der Waals surface area contributed by atoms with E-state index in [1.54, 1.807) is 4.90 Å². The molecule has 1 amide bonds. The lowest BCUT2D eigenvalue weighted by molar-refractivity contribution is 0.0108. The summed E-state index contributed by atoms with van der Waals surface area (Å²) in [6.07, 6.45) is 0.806.